The molecule has 0 bridgehead atoms. The smallest absolute Gasteiger partial charge is 0.0998 e. The Bertz CT molecular complexity index is 1060. The molecule has 3 rings (SSSR count). The van der Waals surface area contributed by atoms with Crippen molar-refractivity contribution in [2.45, 2.75) is 13.8 Å². The van der Waals surface area contributed by atoms with Crippen LogP contribution in [0.4, 0.5) is 0 Å². The van der Waals surface area contributed by atoms with E-state index in [-0.39, 0.29) is 0 Å². The number of nitriles is 1. The Kier molecular flexibility index (Phi) is 5.44. The molecule has 0 saturated carbocycles. The van der Waals surface area contributed by atoms with Gasteiger partial charge in [0.25, 0.3) is 0 Å². The van der Waals surface area contributed by atoms with Gasteiger partial charge in [0.05, 0.1) is 27.4 Å². The van der Waals surface area contributed by atoms with Gasteiger partial charge in [0.1, 0.15) is 0 Å². The molecule has 2 nitrogen and oxygen atoms in total. The molecule has 0 atom stereocenters. The van der Waals surface area contributed by atoms with Crippen LogP contribution in [0.15, 0.2) is 48.5 Å². The number of halogens is 3. The molecular weight excluding hydrogens is 387 g/mol. The fraction of sp³-hybridized carbons (Fsp3) is 0.0952. The molecule has 0 aliphatic rings. The lowest BCUT2D eigenvalue weighted by atomic mass is 10.0. The van der Waals surface area contributed by atoms with Crippen molar-refractivity contribution in [2.75, 3.05) is 0 Å². The lowest BCUT2D eigenvalue weighted by Gasteiger charge is -2.12. The Hall–Kier alpha value is -2.18. The molecule has 1 aromatic heterocycles. The van der Waals surface area contributed by atoms with E-state index in [1.807, 2.05) is 54.8 Å². The van der Waals surface area contributed by atoms with Crippen LogP contribution in [0.1, 0.15) is 22.5 Å². The van der Waals surface area contributed by atoms with Gasteiger partial charge >= 0.3 is 0 Å². The molecule has 0 N–H and O–H groups in total. The summed E-state index contributed by atoms with van der Waals surface area (Å²) >= 11 is 18.6. The molecule has 0 aliphatic carbocycles. The minimum absolute atomic E-state index is 0.502. The molecule has 0 saturated heterocycles. The van der Waals surface area contributed by atoms with Gasteiger partial charge in [0, 0.05) is 16.4 Å². The molecule has 3 aromatic rings. The predicted octanol–water partition coefficient (Wildman–Crippen LogP) is 7.12. The van der Waals surface area contributed by atoms with Crippen LogP contribution in [0.3, 0.4) is 0 Å². The van der Waals surface area contributed by atoms with Gasteiger partial charge in [-0.2, -0.15) is 5.26 Å². The van der Waals surface area contributed by atoms with E-state index in [1.165, 1.54) is 0 Å². The molecule has 26 heavy (non-hydrogen) atoms. The highest BCUT2D eigenvalue weighted by atomic mass is 35.5. The Morgan fingerprint density at radius 2 is 1.77 bits per heavy atom. The van der Waals surface area contributed by atoms with Crippen LogP contribution >= 0.6 is 34.8 Å². The summed E-state index contributed by atoms with van der Waals surface area (Å²) in [7, 11) is 0. The second-order valence-electron chi connectivity index (χ2n) is 5.91. The van der Waals surface area contributed by atoms with Crippen molar-refractivity contribution in [1.82, 2.24) is 4.57 Å². The molecule has 0 amide bonds. The number of nitrogens with zero attached hydrogens (tertiary/aromatic N) is 2. The van der Waals surface area contributed by atoms with Crippen LogP contribution in [-0.4, -0.2) is 4.57 Å². The van der Waals surface area contributed by atoms with Gasteiger partial charge in [-0.3, -0.25) is 0 Å². The molecule has 1 heterocycles. The van der Waals surface area contributed by atoms with Crippen LogP contribution in [0.5, 0.6) is 0 Å². The number of hydrogen-bond acceptors (Lipinski definition) is 1. The molecule has 0 aliphatic heterocycles. The van der Waals surface area contributed by atoms with Crippen LogP contribution in [0.25, 0.3) is 17.3 Å². The highest BCUT2D eigenvalue weighted by molar-refractivity contribution is 6.43. The molecule has 0 unspecified atom stereocenters. The summed E-state index contributed by atoms with van der Waals surface area (Å²) in [6.45, 7) is 3.98. The Morgan fingerprint density at radius 1 is 1.04 bits per heavy atom. The van der Waals surface area contributed by atoms with E-state index in [2.05, 4.69) is 6.07 Å². The van der Waals surface area contributed by atoms with Gasteiger partial charge in [-0.15, -0.1) is 0 Å². The van der Waals surface area contributed by atoms with Crippen molar-refractivity contribution in [2.24, 2.45) is 0 Å². The molecule has 0 fully saturated rings. The van der Waals surface area contributed by atoms with Gasteiger partial charge in [-0.05, 0) is 61.4 Å². The molecule has 0 spiro atoms. The monoisotopic (exact) mass is 400 g/mol. The van der Waals surface area contributed by atoms with Gasteiger partial charge in [-0.25, -0.2) is 0 Å². The number of hydrogen-bond donors (Lipinski definition) is 0. The zero-order valence-electron chi connectivity index (χ0n) is 14.2. The quantitative estimate of drug-likeness (QED) is 0.429. The maximum atomic E-state index is 9.59. The van der Waals surface area contributed by atoms with E-state index in [4.69, 9.17) is 34.8 Å². The maximum absolute atomic E-state index is 9.59. The summed E-state index contributed by atoms with van der Waals surface area (Å²) in [5.74, 6) is 0. The summed E-state index contributed by atoms with van der Waals surface area (Å²) in [5.41, 5.74) is 5.06. The van der Waals surface area contributed by atoms with Gasteiger partial charge in [0.15, 0.2) is 0 Å². The van der Waals surface area contributed by atoms with Crippen molar-refractivity contribution in [1.29, 1.82) is 5.26 Å². The van der Waals surface area contributed by atoms with Crippen LogP contribution in [-0.2, 0) is 0 Å². The van der Waals surface area contributed by atoms with E-state index < -0.39 is 0 Å². The highest BCUT2D eigenvalue weighted by Crippen LogP contribution is 2.32. The molecule has 2 aromatic carbocycles. The Morgan fingerprint density at radius 3 is 2.46 bits per heavy atom. The SMILES string of the molecule is Cc1cc(/C=C(/C#N)c2cccc(Cl)c2)c(C)n1-c1cccc(Cl)c1Cl. The number of aryl methyl sites for hydroxylation is 1. The van der Waals surface area contributed by atoms with Crippen LogP contribution in [0.2, 0.25) is 15.1 Å². The van der Waals surface area contributed by atoms with Crippen LogP contribution in [0, 0.1) is 25.2 Å². The topological polar surface area (TPSA) is 28.7 Å². The minimum Gasteiger partial charge on any atom is -0.316 e. The van der Waals surface area contributed by atoms with Crippen molar-refractivity contribution in [3.05, 3.63) is 86.1 Å². The first-order valence-corrected chi connectivity index (χ1v) is 9.07. The molecule has 130 valence electrons. The summed E-state index contributed by atoms with van der Waals surface area (Å²) in [5, 5.41) is 11.2. The van der Waals surface area contributed by atoms with E-state index in [9.17, 15) is 5.26 Å². The third-order valence-corrected chi connectivity index (χ3v) is 5.24. The minimum atomic E-state index is 0.502. The van der Waals surface area contributed by atoms with Crippen LogP contribution < -0.4 is 0 Å². The summed E-state index contributed by atoms with van der Waals surface area (Å²) in [6.07, 6.45) is 1.86. The fourth-order valence-corrected chi connectivity index (χ4v) is 3.53. The first-order chi connectivity index (χ1) is 12.4. The third kappa shape index (κ3) is 3.52. The van der Waals surface area contributed by atoms with Crippen molar-refractivity contribution >= 4 is 46.5 Å². The van der Waals surface area contributed by atoms with Crippen molar-refractivity contribution < 1.29 is 0 Å². The van der Waals surface area contributed by atoms with E-state index in [0.29, 0.717) is 20.6 Å². The number of aromatic nitrogens is 1. The zero-order valence-corrected chi connectivity index (χ0v) is 16.5. The molecule has 0 radical (unpaired) electrons. The number of benzene rings is 2. The van der Waals surface area contributed by atoms with Crippen molar-refractivity contribution in [3.8, 4) is 11.8 Å². The summed E-state index contributed by atoms with van der Waals surface area (Å²) < 4.78 is 2.03. The average Bonchev–Trinajstić information content (AvgIpc) is 2.89. The lowest BCUT2D eigenvalue weighted by Crippen LogP contribution is -2.00. The normalized spacial score (nSPS) is 11.5. The first-order valence-electron chi connectivity index (χ1n) is 7.93. The predicted molar refractivity (Wildman–Crippen MR) is 110 cm³/mol. The Balaban J connectivity index is 2.14. The van der Waals surface area contributed by atoms with E-state index in [1.54, 1.807) is 18.2 Å². The first kappa shape index (κ1) is 18.6. The Labute approximate surface area is 167 Å². The van der Waals surface area contributed by atoms with E-state index in [0.717, 1.165) is 28.2 Å². The third-order valence-electron chi connectivity index (χ3n) is 4.20. The van der Waals surface area contributed by atoms with Crippen molar-refractivity contribution in [3.63, 3.8) is 0 Å². The molecule has 5 heteroatoms. The standard InChI is InChI=1S/C21H15Cl3N2/c1-13-9-16(10-17(12-25)15-5-3-6-18(22)11-15)14(2)26(13)20-8-4-7-19(23)21(20)24/h3-11H,1-2H3/b17-10-. The second kappa shape index (κ2) is 7.60. The largest absolute Gasteiger partial charge is 0.316 e. The maximum Gasteiger partial charge on any atom is 0.0998 e. The molecular formula is C21H15Cl3N2. The van der Waals surface area contributed by atoms with Gasteiger partial charge < -0.3 is 4.57 Å². The fourth-order valence-electron chi connectivity index (χ4n) is 2.96. The van der Waals surface area contributed by atoms with Gasteiger partial charge in [0.2, 0.25) is 0 Å². The van der Waals surface area contributed by atoms with Gasteiger partial charge in [-0.1, -0.05) is 53.0 Å². The van der Waals surface area contributed by atoms with E-state index >= 15 is 0 Å². The summed E-state index contributed by atoms with van der Waals surface area (Å²) in [4.78, 5) is 0. The number of rotatable bonds is 3. The lowest BCUT2D eigenvalue weighted by molar-refractivity contribution is 0.965. The highest BCUT2D eigenvalue weighted by Gasteiger charge is 2.14. The average molecular weight is 402 g/mol. The second-order valence-corrected chi connectivity index (χ2v) is 7.14. The zero-order chi connectivity index (χ0) is 18.8. The number of allylic oxidation sites excluding steroid dienone is 1. The summed E-state index contributed by atoms with van der Waals surface area (Å²) in [6, 6.07) is 17.1.